The molecule has 0 amide bonds. The molecule has 3 aromatic rings. The number of nitrogens with two attached hydrogens (primary N) is 1. The van der Waals surface area contributed by atoms with Gasteiger partial charge in [0.25, 0.3) is 0 Å². The Kier molecular flexibility index (Phi) is 6.18. The van der Waals surface area contributed by atoms with Crippen molar-refractivity contribution in [3.8, 4) is 34.4 Å². The van der Waals surface area contributed by atoms with E-state index in [-0.39, 0.29) is 23.5 Å². The number of methoxy groups -OCH3 is 3. The van der Waals surface area contributed by atoms with Gasteiger partial charge in [-0.25, -0.2) is 0 Å². The van der Waals surface area contributed by atoms with Gasteiger partial charge in [-0.15, -0.1) is 13.2 Å². The summed E-state index contributed by atoms with van der Waals surface area (Å²) in [7, 11) is 4.43. The number of anilines is 3. The number of aromatic nitrogens is 3. The van der Waals surface area contributed by atoms with Gasteiger partial charge in [-0.2, -0.15) is 15.0 Å². The Hall–Kier alpha value is -3.96. The minimum Gasteiger partial charge on any atom is -0.493 e. The standard InChI is InChI=1S/C19H18F3N5O4/c1-28-13-8-10(9-14(29-2)15(13)30-3)16-25-17(23)27-18(26-16)24-11-4-6-12(7-5-11)31-19(20,21)22/h4-9H,1-3H3,(H3,23,24,25,26,27). The van der Waals surface area contributed by atoms with E-state index in [4.69, 9.17) is 19.9 Å². The predicted molar refractivity (Wildman–Crippen MR) is 106 cm³/mol. The molecule has 164 valence electrons. The molecule has 0 aliphatic carbocycles. The first kappa shape index (κ1) is 21.7. The molecule has 9 nitrogen and oxygen atoms in total. The fraction of sp³-hybridized carbons (Fsp3) is 0.211. The molecular weight excluding hydrogens is 419 g/mol. The maximum absolute atomic E-state index is 12.3. The first-order valence-corrected chi connectivity index (χ1v) is 8.67. The van der Waals surface area contributed by atoms with Crippen LogP contribution in [0.4, 0.5) is 30.8 Å². The summed E-state index contributed by atoms with van der Waals surface area (Å²) in [5.41, 5.74) is 6.73. The van der Waals surface area contributed by atoms with Gasteiger partial charge < -0.3 is 30.0 Å². The number of alkyl halides is 3. The van der Waals surface area contributed by atoms with Crippen molar-refractivity contribution in [2.45, 2.75) is 6.36 Å². The van der Waals surface area contributed by atoms with Crippen molar-refractivity contribution < 1.29 is 32.1 Å². The molecule has 12 heteroatoms. The lowest BCUT2D eigenvalue weighted by Crippen LogP contribution is -2.17. The molecule has 0 radical (unpaired) electrons. The maximum Gasteiger partial charge on any atom is 0.573 e. The average Bonchev–Trinajstić information content (AvgIpc) is 2.72. The van der Waals surface area contributed by atoms with Crippen LogP contribution in [0.1, 0.15) is 0 Å². The van der Waals surface area contributed by atoms with Gasteiger partial charge in [0.2, 0.25) is 17.6 Å². The molecule has 1 aromatic heterocycles. The van der Waals surface area contributed by atoms with Crippen molar-refractivity contribution in [3.63, 3.8) is 0 Å². The van der Waals surface area contributed by atoms with Crippen molar-refractivity contribution in [3.05, 3.63) is 36.4 Å². The van der Waals surface area contributed by atoms with E-state index in [0.717, 1.165) is 12.1 Å². The summed E-state index contributed by atoms with van der Waals surface area (Å²) in [5.74, 6) is 1.06. The third-order valence-corrected chi connectivity index (χ3v) is 3.92. The van der Waals surface area contributed by atoms with E-state index < -0.39 is 6.36 Å². The second-order valence-electron chi connectivity index (χ2n) is 5.95. The SMILES string of the molecule is COc1cc(-c2nc(N)nc(Nc3ccc(OC(F)(F)F)cc3)n2)cc(OC)c1OC. The zero-order valence-electron chi connectivity index (χ0n) is 16.6. The maximum atomic E-state index is 12.3. The number of nitrogens with one attached hydrogen (secondary N) is 1. The summed E-state index contributed by atoms with van der Waals surface area (Å²) < 4.78 is 56.7. The van der Waals surface area contributed by atoms with E-state index in [9.17, 15) is 13.2 Å². The average molecular weight is 437 g/mol. The van der Waals surface area contributed by atoms with E-state index in [0.29, 0.717) is 28.5 Å². The van der Waals surface area contributed by atoms with Gasteiger partial charge >= 0.3 is 6.36 Å². The molecule has 3 N–H and O–H groups in total. The molecular formula is C19H18F3N5O4. The summed E-state index contributed by atoms with van der Waals surface area (Å²) >= 11 is 0. The van der Waals surface area contributed by atoms with Crippen LogP contribution in [-0.4, -0.2) is 42.6 Å². The highest BCUT2D eigenvalue weighted by Gasteiger charge is 2.31. The third-order valence-electron chi connectivity index (χ3n) is 3.92. The van der Waals surface area contributed by atoms with Crippen LogP contribution in [0.3, 0.4) is 0 Å². The summed E-state index contributed by atoms with van der Waals surface area (Å²) in [6, 6.07) is 8.34. The Bertz CT molecular complexity index is 1040. The van der Waals surface area contributed by atoms with Crippen LogP contribution in [0.2, 0.25) is 0 Å². The van der Waals surface area contributed by atoms with Crippen molar-refractivity contribution in [2.75, 3.05) is 32.4 Å². The second kappa shape index (κ2) is 8.81. The van der Waals surface area contributed by atoms with Crippen molar-refractivity contribution in [2.24, 2.45) is 0 Å². The first-order chi connectivity index (χ1) is 14.7. The molecule has 0 fully saturated rings. The number of rotatable bonds is 7. The number of ether oxygens (including phenoxy) is 4. The van der Waals surface area contributed by atoms with E-state index >= 15 is 0 Å². The van der Waals surface area contributed by atoms with Gasteiger partial charge in [0.05, 0.1) is 21.3 Å². The van der Waals surface area contributed by atoms with Crippen LogP contribution >= 0.6 is 0 Å². The number of benzene rings is 2. The van der Waals surface area contributed by atoms with Gasteiger partial charge in [0.15, 0.2) is 17.3 Å². The van der Waals surface area contributed by atoms with Crippen molar-refractivity contribution in [1.29, 1.82) is 0 Å². The minimum absolute atomic E-state index is 0.0710. The Balaban J connectivity index is 1.91. The molecule has 0 aliphatic heterocycles. The summed E-state index contributed by atoms with van der Waals surface area (Å²) in [4.78, 5) is 12.4. The van der Waals surface area contributed by atoms with Gasteiger partial charge in [0, 0.05) is 11.3 Å². The fourth-order valence-electron chi connectivity index (χ4n) is 2.66. The molecule has 31 heavy (non-hydrogen) atoms. The van der Waals surface area contributed by atoms with Crippen LogP contribution in [0.5, 0.6) is 23.0 Å². The molecule has 0 saturated carbocycles. The molecule has 0 spiro atoms. The summed E-state index contributed by atoms with van der Waals surface area (Å²) in [5, 5.41) is 2.86. The number of hydrogen-bond donors (Lipinski definition) is 2. The van der Waals surface area contributed by atoms with E-state index in [2.05, 4.69) is 25.0 Å². The minimum atomic E-state index is -4.77. The largest absolute Gasteiger partial charge is 0.573 e. The van der Waals surface area contributed by atoms with Crippen LogP contribution in [0, 0.1) is 0 Å². The lowest BCUT2D eigenvalue weighted by molar-refractivity contribution is -0.274. The molecule has 0 bridgehead atoms. The van der Waals surface area contributed by atoms with Gasteiger partial charge in [-0.05, 0) is 36.4 Å². The van der Waals surface area contributed by atoms with Crippen molar-refractivity contribution >= 4 is 17.6 Å². The Morgan fingerprint density at radius 1 is 0.871 bits per heavy atom. The highest BCUT2D eigenvalue weighted by molar-refractivity contribution is 5.68. The smallest absolute Gasteiger partial charge is 0.493 e. The van der Waals surface area contributed by atoms with Gasteiger partial charge in [-0.3, -0.25) is 0 Å². The van der Waals surface area contributed by atoms with Crippen LogP contribution in [0.15, 0.2) is 36.4 Å². The van der Waals surface area contributed by atoms with Crippen LogP contribution in [0.25, 0.3) is 11.4 Å². The molecule has 0 unspecified atom stereocenters. The Morgan fingerprint density at radius 2 is 1.48 bits per heavy atom. The number of nitrogen functional groups attached to an aromatic ring is 1. The van der Waals surface area contributed by atoms with E-state index in [1.165, 1.54) is 33.5 Å². The fourth-order valence-corrected chi connectivity index (χ4v) is 2.66. The number of hydrogen-bond acceptors (Lipinski definition) is 9. The van der Waals surface area contributed by atoms with Crippen molar-refractivity contribution in [1.82, 2.24) is 15.0 Å². The predicted octanol–water partition coefficient (Wildman–Crippen LogP) is 3.79. The molecule has 0 atom stereocenters. The molecule has 1 heterocycles. The molecule has 0 saturated heterocycles. The Morgan fingerprint density at radius 3 is 2.00 bits per heavy atom. The van der Waals surface area contributed by atoms with Gasteiger partial charge in [0.1, 0.15) is 5.75 Å². The van der Waals surface area contributed by atoms with E-state index in [1.807, 2.05) is 0 Å². The lowest BCUT2D eigenvalue weighted by atomic mass is 10.1. The topological polar surface area (TPSA) is 114 Å². The molecule has 0 aliphatic rings. The van der Waals surface area contributed by atoms with Crippen LogP contribution < -0.4 is 30.0 Å². The summed E-state index contributed by atoms with van der Waals surface area (Å²) in [6.07, 6.45) is -4.77. The zero-order valence-corrected chi connectivity index (χ0v) is 16.6. The second-order valence-corrected chi connectivity index (χ2v) is 5.95. The number of nitrogens with zero attached hydrogens (tertiary/aromatic N) is 3. The van der Waals surface area contributed by atoms with Gasteiger partial charge in [-0.1, -0.05) is 0 Å². The van der Waals surface area contributed by atoms with Crippen LogP contribution in [-0.2, 0) is 0 Å². The lowest BCUT2D eigenvalue weighted by Gasteiger charge is -2.14. The normalized spacial score (nSPS) is 11.0. The quantitative estimate of drug-likeness (QED) is 0.570. The summed E-state index contributed by atoms with van der Waals surface area (Å²) in [6.45, 7) is 0. The molecule has 2 aromatic carbocycles. The first-order valence-electron chi connectivity index (χ1n) is 8.67. The number of halogens is 3. The Labute approximate surface area is 175 Å². The highest BCUT2D eigenvalue weighted by Crippen LogP contribution is 2.40. The third kappa shape index (κ3) is 5.35. The molecule has 3 rings (SSSR count). The zero-order chi connectivity index (χ0) is 22.6. The highest BCUT2D eigenvalue weighted by atomic mass is 19.4. The monoisotopic (exact) mass is 437 g/mol. The van der Waals surface area contributed by atoms with E-state index in [1.54, 1.807) is 12.1 Å².